The summed E-state index contributed by atoms with van der Waals surface area (Å²) in [5.41, 5.74) is 2.51. The van der Waals surface area contributed by atoms with E-state index in [4.69, 9.17) is 4.74 Å². The molecule has 0 aliphatic carbocycles. The molecule has 0 unspecified atom stereocenters. The van der Waals surface area contributed by atoms with Gasteiger partial charge in [-0.3, -0.25) is 4.79 Å². The number of carbonyl (C=O) groups excluding carboxylic acids is 1. The predicted octanol–water partition coefficient (Wildman–Crippen LogP) is 3.43. The average molecular weight is 380 g/mol. The zero-order valence-corrected chi connectivity index (χ0v) is 15.3. The number of hydrogen-bond donors (Lipinski definition) is 1. The first kappa shape index (κ1) is 18.3. The van der Waals surface area contributed by atoms with E-state index in [1.54, 1.807) is 17.0 Å². The second-order valence-electron chi connectivity index (χ2n) is 6.79. The van der Waals surface area contributed by atoms with Crippen molar-refractivity contribution in [3.63, 3.8) is 0 Å². The summed E-state index contributed by atoms with van der Waals surface area (Å²) < 4.78 is 18.7. The first-order chi connectivity index (χ1) is 13.7. The maximum Gasteiger partial charge on any atom is 0.277 e. The standard InChI is InChI=1S/C21H21FN4O2/c22-17-8-6-15(7-9-17)14-26(18-10-12-28-13-11-18)21(27)20-19(23-25-24-20)16-4-2-1-3-5-16/h1-9,18H,10-14H2,(H,23,24,25). The van der Waals surface area contributed by atoms with Crippen LogP contribution in [0.2, 0.25) is 0 Å². The van der Waals surface area contributed by atoms with Crippen LogP contribution in [0.3, 0.4) is 0 Å². The van der Waals surface area contributed by atoms with Crippen LogP contribution in [0, 0.1) is 5.82 Å². The minimum atomic E-state index is -0.296. The Bertz CT molecular complexity index is 921. The lowest BCUT2D eigenvalue weighted by Crippen LogP contribution is -2.43. The first-order valence-electron chi connectivity index (χ1n) is 9.32. The van der Waals surface area contributed by atoms with Gasteiger partial charge in [0.1, 0.15) is 11.5 Å². The molecule has 6 nitrogen and oxygen atoms in total. The minimum Gasteiger partial charge on any atom is -0.381 e. The molecule has 28 heavy (non-hydrogen) atoms. The van der Waals surface area contributed by atoms with Crippen molar-refractivity contribution in [2.75, 3.05) is 13.2 Å². The number of nitrogens with zero attached hydrogens (tertiary/aromatic N) is 3. The fourth-order valence-electron chi connectivity index (χ4n) is 3.46. The van der Waals surface area contributed by atoms with E-state index in [0.717, 1.165) is 24.0 Å². The van der Waals surface area contributed by atoms with Gasteiger partial charge in [-0.25, -0.2) is 4.39 Å². The Morgan fingerprint density at radius 2 is 1.79 bits per heavy atom. The van der Waals surface area contributed by atoms with E-state index in [1.807, 2.05) is 30.3 Å². The molecule has 4 rings (SSSR count). The average Bonchev–Trinajstić information content (AvgIpc) is 3.24. The number of nitrogens with one attached hydrogen (secondary N) is 1. The lowest BCUT2D eigenvalue weighted by atomic mass is 10.0. The highest BCUT2D eigenvalue weighted by atomic mass is 19.1. The van der Waals surface area contributed by atoms with Gasteiger partial charge in [0.25, 0.3) is 5.91 Å². The second kappa shape index (κ2) is 8.31. The summed E-state index contributed by atoms with van der Waals surface area (Å²) in [4.78, 5) is 15.3. The highest BCUT2D eigenvalue weighted by molar-refractivity contribution is 5.98. The van der Waals surface area contributed by atoms with Crippen LogP contribution in [0.5, 0.6) is 0 Å². The molecule has 1 aliphatic heterocycles. The number of aromatic amines is 1. The van der Waals surface area contributed by atoms with Crippen LogP contribution in [0.4, 0.5) is 4.39 Å². The number of aromatic nitrogens is 3. The number of carbonyl (C=O) groups is 1. The molecule has 1 fully saturated rings. The zero-order valence-electron chi connectivity index (χ0n) is 15.3. The minimum absolute atomic E-state index is 0.0339. The predicted molar refractivity (Wildman–Crippen MR) is 102 cm³/mol. The normalized spacial score (nSPS) is 14.8. The molecule has 0 radical (unpaired) electrons. The van der Waals surface area contributed by atoms with Crippen LogP contribution in [-0.4, -0.2) is 45.5 Å². The van der Waals surface area contributed by atoms with Crippen LogP contribution < -0.4 is 0 Å². The smallest absolute Gasteiger partial charge is 0.277 e. The summed E-state index contributed by atoms with van der Waals surface area (Å²) in [6, 6.07) is 15.8. The topological polar surface area (TPSA) is 71.1 Å². The molecular formula is C21H21FN4O2. The van der Waals surface area contributed by atoms with Crippen LogP contribution in [0.1, 0.15) is 28.9 Å². The number of ether oxygens (including phenoxy) is 1. The molecule has 1 N–H and O–H groups in total. The number of H-pyrrole nitrogens is 1. The summed E-state index contributed by atoms with van der Waals surface area (Å²) in [7, 11) is 0. The number of halogens is 1. The van der Waals surface area contributed by atoms with E-state index in [-0.39, 0.29) is 17.8 Å². The van der Waals surface area contributed by atoms with Gasteiger partial charge in [0.2, 0.25) is 0 Å². The largest absolute Gasteiger partial charge is 0.381 e. The molecule has 0 bridgehead atoms. The number of benzene rings is 2. The second-order valence-corrected chi connectivity index (χ2v) is 6.79. The molecule has 2 heterocycles. The summed E-state index contributed by atoms with van der Waals surface area (Å²) in [6.07, 6.45) is 1.51. The van der Waals surface area contributed by atoms with Gasteiger partial charge in [0, 0.05) is 31.4 Å². The first-order valence-corrected chi connectivity index (χ1v) is 9.32. The number of rotatable bonds is 5. The quantitative estimate of drug-likeness (QED) is 0.736. The lowest BCUT2D eigenvalue weighted by Gasteiger charge is -2.34. The van der Waals surface area contributed by atoms with Gasteiger partial charge in [-0.15, -0.1) is 0 Å². The van der Waals surface area contributed by atoms with Crippen molar-refractivity contribution < 1.29 is 13.9 Å². The van der Waals surface area contributed by atoms with E-state index in [9.17, 15) is 9.18 Å². The van der Waals surface area contributed by atoms with E-state index in [1.165, 1.54) is 12.1 Å². The molecule has 0 atom stereocenters. The van der Waals surface area contributed by atoms with Crippen molar-refractivity contribution in [3.05, 3.63) is 71.7 Å². The Hall–Kier alpha value is -3.06. The van der Waals surface area contributed by atoms with Gasteiger partial charge in [-0.2, -0.15) is 15.4 Å². The summed E-state index contributed by atoms with van der Waals surface area (Å²) in [6.45, 7) is 1.61. The molecule has 1 amide bonds. The van der Waals surface area contributed by atoms with Crippen molar-refractivity contribution in [1.29, 1.82) is 0 Å². The van der Waals surface area contributed by atoms with Gasteiger partial charge in [0.05, 0.1) is 0 Å². The molecule has 0 spiro atoms. The number of amides is 1. The Kier molecular flexibility index (Phi) is 5.43. The van der Waals surface area contributed by atoms with Gasteiger partial charge < -0.3 is 9.64 Å². The maximum absolute atomic E-state index is 13.5. The molecular weight excluding hydrogens is 359 g/mol. The Labute approximate surface area is 162 Å². The fourth-order valence-corrected chi connectivity index (χ4v) is 3.46. The summed E-state index contributed by atoms with van der Waals surface area (Å²) >= 11 is 0. The lowest BCUT2D eigenvalue weighted by molar-refractivity contribution is 0.0264. The molecule has 0 saturated carbocycles. The highest BCUT2D eigenvalue weighted by Crippen LogP contribution is 2.24. The zero-order chi connectivity index (χ0) is 19.3. The monoisotopic (exact) mass is 380 g/mol. The van der Waals surface area contributed by atoms with Gasteiger partial charge >= 0.3 is 0 Å². The maximum atomic E-state index is 13.5. The third kappa shape index (κ3) is 3.94. The molecule has 2 aromatic carbocycles. The van der Waals surface area contributed by atoms with E-state index < -0.39 is 0 Å². The Balaban J connectivity index is 1.65. The molecule has 7 heteroatoms. The van der Waals surface area contributed by atoms with Crippen molar-refractivity contribution in [1.82, 2.24) is 20.3 Å². The van der Waals surface area contributed by atoms with Crippen LogP contribution in [-0.2, 0) is 11.3 Å². The van der Waals surface area contributed by atoms with E-state index >= 15 is 0 Å². The van der Waals surface area contributed by atoms with E-state index in [2.05, 4.69) is 15.4 Å². The fraction of sp³-hybridized carbons (Fsp3) is 0.286. The number of hydrogen-bond acceptors (Lipinski definition) is 4. The van der Waals surface area contributed by atoms with Crippen molar-refractivity contribution >= 4 is 5.91 Å². The van der Waals surface area contributed by atoms with Crippen LogP contribution in [0.15, 0.2) is 54.6 Å². The molecule has 144 valence electrons. The SMILES string of the molecule is O=C(c1n[nH]nc1-c1ccccc1)N(Cc1ccc(F)cc1)C1CCOCC1. The summed E-state index contributed by atoms with van der Waals surface area (Å²) in [5.74, 6) is -0.487. The van der Waals surface area contributed by atoms with Gasteiger partial charge in [-0.05, 0) is 30.5 Å². The van der Waals surface area contributed by atoms with Crippen molar-refractivity contribution in [2.24, 2.45) is 0 Å². The third-order valence-electron chi connectivity index (χ3n) is 4.96. The highest BCUT2D eigenvalue weighted by Gasteiger charge is 2.30. The third-order valence-corrected chi connectivity index (χ3v) is 4.96. The van der Waals surface area contributed by atoms with Gasteiger partial charge in [-0.1, -0.05) is 42.5 Å². The van der Waals surface area contributed by atoms with Gasteiger partial charge in [0.15, 0.2) is 5.69 Å². The molecule has 1 aliphatic rings. The van der Waals surface area contributed by atoms with Crippen LogP contribution in [0.25, 0.3) is 11.3 Å². The summed E-state index contributed by atoms with van der Waals surface area (Å²) in [5, 5.41) is 10.9. The van der Waals surface area contributed by atoms with Crippen molar-refractivity contribution in [2.45, 2.75) is 25.4 Å². The molecule has 3 aromatic rings. The van der Waals surface area contributed by atoms with E-state index in [0.29, 0.717) is 31.1 Å². The Morgan fingerprint density at radius 1 is 1.07 bits per heavy atom. The Morgan fingerprint density at radius 3 is 2.50 bits per heavy atom. The molecule has 1 saturated heterocycles. The van der Waals surface area contributed by atoms with Crippen LogP contribution >= 0.6 is 0 Å². The molecule has 1 aromatic heterocycles. The van der Waals surface area contributed by atoms with Crippen molar-refractivity contribution in [3.8, 4) is 11.3 Å².